The van der Waals surface area contributed by atoms with E-state index in [1.165, 1.54) is 0 Å². The van der Waals surface area contributed by atoms with Crippen molar-refractivity contribution < 1.29 is 9.53 Å². The maximum Gasteiger partial charge on any atom is 0.228 e. The average Bonchev–Trinajstić information content (AvgIpc) is 3.42. The molecule has 1 fully saturated rings. The number of rotatable bonds is 6. The number of carbonyl (C=O) groups excluding carboxylic acids is 1. The van der Waals surface area contributed by atoms with Crippen LogP contribution < -0.4 is 15.4 Å². The van der Waals surface area contributed by atoms with E-state index < -0.39 is 0 Å². The highest BCUT2D eigenvalue weighted by molar-refractivity contribution is 5.94. The van der Waals surface area contributed by atoms with E-state index in [9.17, 15) is 4.79 Å². The fourth-order valence-electron chi connectivity index (χ4n) is 3.00. The molecule has 0 aliphatic heterocycles. The predicted molar refractivity (Wildman–Crippen MR) is 101 cm³/mol. The number of amides is 1. The number of ether oxygens (including phenoxy) is 1. The van der Waals surface area contributed by atoms with Crippen molar-refractivity contribution in [3.05, 3.63) is 36.7 Å². The number of methoxy groups -OCH3 is 1. The molecule has 1 aromatic carbocycles. The third kappa shape index (κ3) is 3.08. The Bertz CT molecular complexity index is 962. The number of nitrogens with one attached hydrogen (secondary N) is 2. The summed E-state index contributed by atoms with van der Waals surface area (Å²) >= 11 is 0. The second-order valence-electron chi connectivity index (χ2n) is 6.36. The second kappa shape index (κ2) is 6.67. The van der Waals surface area contributed by atoms with E-state index in [-0.39, 0.29) is 11.8 Å². The van der Waals surface area contributed by atoms with E-state index in [1.54, 1.807) is 13.3 Å². The lowest BCUT2D eigenvalue weighted by Crippen LogP contribution is -2.14. The summed E-state index contributed by atoms with van der Waals surface area (Å²) in [6.07, 6.45) is 5.44. The van der Waals surface area contributed by atoms with Crippen LogP contribution in [0.15, 0.2) is 36.7 Å². The summed E-state index contributed by atoms with van der Waals surface area (Å²) in [6.45, 7) is 2.81. The molecule has 1 saturated carbocycles. The topological polar surface area (TPSA) is 81.1 Å². The Morgan fingerprint density at radius 2 is 2.19 bits per heavy atom. The van der Waals surface area contributed by atoms with E-state index in [0.717, 1.165) is 47.4 Å². The first-order valence-electron chi connectivity index (χ1n) is 8.76. The molecule has 7 heteroatoms. The molecule has 2 heterocycles. The summed E-state index contributed by atoms with van der Waals surface area (Å²) in [5.74, 6) is 1.47. The van der Waals surface area contributed by atoms with Gasteiger partial charge in [0.05, 0.1) is 19.0 Å². The van der Waals surface area contributed by atoms with Crippen LogP contribution in [-0.4, -0.2) is 27.8 Å². The molecule has 0 bridgehead atoms. The Labute approximate surface area is 151 Å². The third-order valence-corrected chi connectivity index (χ3v) is 4.50. The lowest BCUT2D eigenvalue weighted by molar-refractivity contribution is -0.117. The fourth-order valence-corrected chi connectivity index (χ4v) is 3.00. The van der Waals surface area contributed by atoms with Crippen LogP contribution in [0.25, 0.3) is 10.9 Å². The van der Waals surface area contributed by atoms with Gasteiger partial charge in [-0.1, -0.05) is 0 Å². The molecule has 0 spiro atoms. The van der Waals surface area contributed by atoms with Crippen LogP contribution in [-0.2, 0) is 11.3 Å². The van der Waals surface area contributed by atoms with Crippen LogP contribution in [0.4, 0.5) is 17.2 Å². The minimum absolute atomic E-state index is 0.0421. The zero-order valence-corrected chi connectivity index (χ0v) is 14.8. The molecule has 26 heavy (non-hydrogen) atoms. The lowest BCUT2D eigenvalue weighted by atomic mass is 10.2. The van der Waals surface area contributed by atoms with Gasteiger partial charge in [-0.2, -0.15) is 5.10 Å². The first-order chi connectivity index (χ1) is 12.7. The van der Waals surface area contributed by atoms with Crippen LogP contribution in [0.5, 0.6) is 5.75 Å². The van der Waals surface area contributed by atoms with Crippen LogP contribution >= 0.6 is 0 Å². The number of fused-ring (bicyclic) bond motifs is 1. The van der Waals surface area contributed by atoms with E-state index in [4.69, 9.17) is 4.74 Å². The van der Waals surface area contributed by atoms with Crippen molar-refractivity contribution in [1.82, 2.24) is 14.8 Å². The summed E-state index contributed by atoms with van der Waals surface area (Å²) in [7, 11) is 1.65. The number of nitrogens with zero attached hydrogens (tertiary/aromatic N) is 3. The van der Waals surface area contributed by atoms with Crippen molar-refractivity contribution in [2.75, 3.05) is 17.7 Å². The smallest absolute Gasteiger partial charge is 0.228 e. The highest BCUT2D eigenvalue weighted by atomic mass is 16.5. The molecule has 3 aromatic rings. The molecule has 1 aliphatic carbocycles. The summed E-state index contributed by atoms with van der Waals surface area (Å²) in [5.41, 5.74) is 2.61. The molecule has 2 N–H and O–H groups in total. The van der Waals surface area contributed by atoms with Gasteiger partial charge in [-0.15, -0.1) is 0 Å². The van der Waals surface area contributed by atoms with Crippen molar-refractivity contribution in [1.29, 1.82) is 0 Å². The van der Waals surface area contributed by atoms with Gasteiger partial charge in [0.15, 0.2) is 5.75 Å². The Kier molecular flexibility index (Phi) is 4.20. The van der Waals surface area contributed by atoms with E-state index in [2.05, 4.69) is 20.7 Å². The largest absolute Gasteiger partial charge is 0.492 e. The molecular formula is C19H21N5O2. The highest BCUT2D eigenvalue weighted by Crippen LogP contribution is 2.36. The number of pyridine rings is 1. The number of aryl methyl sites for hydroxylation is 1. The maximum absolute atomic E-state index is 11.9. The molecule has 0 saturated heterocycles. The normalized spacial score (nSPS) is 13.6. The SMILES string of the molecule is CCn1ncc2ccc(Nc3ccnc(NC(=O)C4CC4)c3)c(OC)c21. The quantitative estimate of drug-likeness (QED) is 0.710. The number of hydrogen-bond donors (Lipinski definition) is 2. The summed E-state index contributed by atoms with van der Waals surface area (Å²) < 4.78 is 7.57. The summed E-state index contributed by atoms with van der Waals surface area (Å²) in [4.78, 5) is 16.2. The molecular weight excluding hydrogens is 330 g/mol. The number of benzene rings is 1. The fraction of sp³-hybridized carbons (Fsp3) is 0.316. The molecule has 0 atom stereocenters. The van der Waals surface area contributed by atoms with Gasteiger partial charge < -0.3 is 15.4 Å². The minimum atomic E-state index is 0.0421. The van der Waals surface area contributed by atoms with Crippen LogP contribution in [0, 0.1) is 5.92 Å². The van der Waals surface area contributed by atoms with Gasteiger partial charge in [0.1, 0.15) is 11.3 Å². The zero-order chi connectivity index (χ0) is 18.1. The van der Waals surface area contributed by atoms with E-state index in [0.29, 0.717) is 5.82 Å². The number of aromatic nitrogens is 3. The van der Waals surface area contributed by atoms with Crippen LogP contribution in [0.2, 0.25) is 0 Å². The molecule has 7 nitrogen and oxygen atoms in total. The standard InChI is InChI=1S/C19H21N5O2/c1-3-24-17-13(11-21-24)6-7-15(18(17)26-2)22-14-8-9-20-16(10-14)23-19(25)12-4-5-12/h6-12H,3-5H2,1-2H3,(H2,20,22,23,25). The van der Waals surface area contributed by atoms with Gasteiger partial charge in [-0.05, 0) is 38.0 Å². The van der Waals surface area contributed by atoms with E-state index >= 15 is 0 Å². The molecule has 2 aromatic heterocycles. The van der Waals surface area contributed by atoms with Crippen molar-refractivity contribution in [2.45, 2.75) is 26.3 Å². The summed E-state index contributed by atoms with van der Waals surface area (Å²) in [5, 5.41) is 11.6. The first kappa shape index (κ1) is 16.4. The molecule has 1 amide bonds. The van der Waals surface area contributed by atoms with Gasteiger partial charge in [-0.3, -0.25) is 9.48 Å². The van der Waals surface area contributed by atoms with Crippen LogP contribution in [0.1, 0.15) is 19.8 Å². The summed E-state index contributed by atoms with van der Waals surface area (Å²) in [6, 6.07) is 7.65. The molecule has 1 aliphatic rings. The zero-order valence-electron chi connectivity index (χ0n) is 14.8. The monoisotopic (exact) mass is 351 g/mol. The lowest BCUT2D eigenvalue weighted by Gasteiger charge is -2.14. The molecule has 134 valence electrons. The van der Waals surface area contributed by atoms with Crippen molar-refractivity contribution in [3.8, 4) is 5.75 Å². The first-order valence-corrected chi connectivity index (χ1v) is 8.76. The second-order valence-corrected chi connectivity index (χ2v) is 6.36. The Balaban J connectivity index is 1.63. The minimum Gasteiger partial charge on any atom is -0.492 e. The van der Waals surface area contributed by atoms with E-state index in [1.807, 2.05) is 42.1 Å². The number of hydrogen-bond acceptors (Lipinski definition) is 5. The van der Waals surface area contributed by atoms with Crippen molar-refractivity contribution in [2.24, 2.45) is 5.92 Å². The number of anilines is 3. The average molecular weight is 351 g/mol. The Hall–Kier alpha value is -3.09. The van der Waals surface area contributed by atoms with Gasteiger partial charge in [0, 0.05) is 35.8 Å². The van der Waals surface area contributed by atoms with Crippen molar-refractivity contribution in [3.63, 3.8) is 0 Å². The Morgan fingerprint density at radius 3 is 2.92 bits per heavy atom. The predicted octanol–water partition coefficient (Wildman–Crippen LogP) is 3.55. The van der Waals surface area contributed by atoms with Crippen LogP contribution in [0.3, 0.4) is 0 Å². The number of carbonyl (C=O) groups is 1. The molecule has 0 radical (unpaired) electrons. The van der Waals surface area contributed by atoms with Crippen molar-refractivity contribution >= 4 is 34.0 Å². The highest BCUT2D eigenvalue weighted by Gasteiger charge is 2.29. The van der Waals surface area contributed by atoms with Gasteiger partial charge in [0.2, 0.25) is 5.91 Å². The molecule has 4 rings (SSSR count). The van der Waals surface area contributed by atoms with Gasteiger partial charge in [-0.25, -0.2) is 4.98 Å². The Morgan fingerprint density at radius 1 is 1.35 bits per heavy atom. The maximum atomic E-state index is 11.9. The third-order valence-electron chi connectivity index (χ3n) is 4.50. The molecule has 0 unspecified atom stereocenters. The van der Waals surface area contributed by atoms with Gasteiger partial charge in [0.25, 0.3) is 0 Å². The van der Waals surface area contributed by atoms with Gasteiger partial charge >= 0.3 is 0 Å².